The lowest BCUT2D eigenvalue weighted by Gasteiger charge is -2.10. The van der Waals surface area contributed by atoms with Crippen molar-refractivity contribution in [3.05, 3.63) is 61.2 Å². The largest absolute Gasteiger partial charge is 0.462 e. The number of aryl methyl sites for hydroxylation is 1. The van der Waals surface area contributed by atoms with Gasteiger partial charge in [0.25, 0.3) is 0 Å². The third-order valence-electron chi connectivity index (χ3n) is 4.02. The second-order valence-electron chi connectivity index (χ2n) is 5.90. The van der Waals surface area contributed by atoms with Gasteiger partial charge in [-0.3, -0.25) is 4.79 Å². The second-order valence-corrected chi connectivity index (χ2v) is 7.54. The number of carbonyl (C=O) groups is 3. The van der Waals surface area contributed by atoms with Crippen molar-refractivity contribution in [2.45, 2.75) is 13.8 Å². The Kier molecular flexibility index (Phi) is 6.31. The van der Waals surface area contributed by atoms with Gasteiger partial charge in [0, 0.05) is 5.02 Å². The summed E-state index contributed by atoms with van der Waals surface area (Å²) in [5.74, 6) is -1.50. The SMILES string of the molecule is CCOC(=O)c1c(C=O)oc2c(C)cc(OC(=O)c3ccc(Cl)cc3Cl)c(Br)c12. The molecule has 3 aromatic rings. The van der Waals surface area contributed by atoms with Crippen molar-refractivity contribution in [3.8, 4) is 5.75 Å². The maximum absolute atomic E-state index is 12.6. The van der Waals surface area contributed by atoms with Crippen LogP contribution in [0, 0.1) is 6.92 Å². The molecule has 3 rings (SSSR count). The third-order valence-corrected chi connectivity index (χ3v) is 5.35. The normalized spacial score (nSPS) is 10.8. The summed E-state index contributed by atoms with van der Waals surface area (Å²) in [5.41, 5.74) is 0.916. The van der Waals surface area contributed by atoms with E-state index in [0.717, 1.165) is 0 Å². The highest BCUT2D eigenvalue weighted by Crippen LogP contribution is 2.40. The van der Waals surface area contributed by atoms with Crippen LogP contribution in [0.15, 0.2) is 33.2 Å². The Balaban J connectivity index is 2.13. The topological polar surface area (TPSA) is 82.8 Å². The van der Waals surface area contributed by atoms with Gasteiger partial charge in [-0.25, -0.2) is 9.59 Å². The number of esters is 2. The van der Waals surface area contributed by atoms with Crippen LogP contribution in [0.2, 0.25) is 10.0 Å². The molecule has 0 radical (unpaired) electrons. The average molecular weight is 500 g/mol. The van der Waals surface area contributed by atoms with E-state index in [9.17, 15) is 14.4 Å². The summed E-state index contributed by atoms with van der Waals surface area (Å²) in [6, 6.07) is 5.92. The van der Waals surface area contributed by atoms with Crippen molar-refractivity contribution in [3.63, 3.8) is 0 Å². The molecule has 6 nitrogen and oxygen atoms in total. The molecule has 0 unspecified atom stereocenters. The molecule has 0 aliphatic heterocycles. The lowest BCUT2D eigenvalue weighted by atomic mass is 10.1. The van der Waals surface area contributed by atoms with E-state index in [0.29, 0.717) is 22.5 Å². The highest BCUT2D eigenvalue weighted by molar-refractivity contribution is 9.10. The summed E-state index contributed by atoms with van der Waals surface area (Å²) >= 11 is 15.3. The molecule has 0 atom stereocenters. The monoisotopic (exact) mass is 498 g/mol. The Morgan fingerprint density at radius 1 is 1.21 bits per heavy atom. The summed E-state index contributed by atoms with van der Waals surface area (Å²) in [7, 11) is 0. The molecule has 0 spiro atoms. The molecule has 0 bridgehead atoms. The number of ether oxygens (including phenoxy) is 2. The molecule has 2 aromatic carbocycles. The minimum atomic E-state index is -0.724. The number of furan rings is 1. The molecule has 0 saturated heterocycles. The lowest BCUT2D eigenvalue weighted by Crippen LogP contribution is -2.10. The quantitative estimate of drug-likeness (QED) is 0.242. The van der Waals surface area contributed by atoms with Crippen molar-refractivity contribution < 1.29 is 28.3 Å². The summed E-state index contributed by atoms with van der Waals surface area (Å²) in [5, 5.41) is 0.787. The van der Waals surface area contributed by atoms with Gasteiger partial charge >= 0.3 is 11.9 Å². The van der Waals surface area contributed by atoms with Gasteiger partial charge in [0.1, 0.15) is 16.9 Å². The molecule has 1 aromatic heterocycles. The average Bonchev–Trinajstić information content (AvgIpc) is 3.06. The Morgan fingerprint density at radius 2 is 1.93 bits per heavy atom. The summed E-state index contributed by atoms with van der Waals surface area (Å²) in [6.07, 6.45) is 0.428. The first-order valence-corrected chi connectivity index (χ1v) is 9.88. The van der Waals surface area contributed by atoms with Gasteiger partial charge < -0.3 is 13.9 Å². The first-order chi connectivity index (χ1) is 13.8. The van der Waals surface area contributed by atoms with E-state index in [1.165, 1.54) is 18.2 Å². The van der Waals surface area contributed by atoms with Crippen molar-refractivity contribution >= 4 is 68.3 Å². The Hall–Kier alpha value is -2.35. The number of carbonyl (C=O) groups excluding carboxylic acids is 3. The van der Waals surface area contributed by atoms with Crippen molar-refractivity contribution in [1.29, 1.82) is 0 Å². The number of fused-ring (bicyclic) bond motifs is 1. The number of rotatable bonds is 5. The standard InChI is InChI=1S/C20H13BrCl2O6/c1-3-27-20(26)15-14(8-24)28-18-9(2)6-13(17(21)16(15)18)29-19(25)11-5-4-10(22)7-12(11)23/h4-8H,3H2,1-2H3. The molecule has 0 saturated carbocycles. The fourth-order valence-corrected chi connectivity index (χ4v) is 3.82. The Labute approximate surface area is 183 Å². The number of aldehydes is 1. The zero-order chi connectivity index (χ0) is 21.3. The first kappa shape index (κ1) is 21.4. The van der Waals surface area contributed by atoms with E-state index in [-0.39, 0.29) is 44.1 Å². The lowest BCUT2D eigenvalue weighted by molar-refractivity contribution is 0.0524. The van der Waals surface area contributed by atoms with Crippen LogP contribution in [0.1, 0.15) is 43.8 Å². The molecule has 0 aliphatic carbocycles. The maximum atomic E-state index is 12.6. The summed E-state index contributed by atoms with van der Waals surface area (Å²) < 4.78 is 16.3. The first-order valence-electron chi connectivity index (χ1n) is 8.33. The molecule has 1 heterocycles. The van der Waals surface area contributed by atoms with E-state index < -0.39 is 11.9 Å². The molecule has 0 N–H and O–H groups in total. The highest BCUT2D eigenvalue weighted by Gasteiger charge is 2.27. The number of hydrogen-bond donors (Lipinski definition) is 0. The zero-order valence-electron chi connectivity index (χ0n) is 15.2. The van der Waals surface area contributed by atoms with Crippen LogP contribution in [0.4, 0.5) is 0 Å². The van der Waals surface area contributed by atoms with Crippen LogP contribution >= 0.6 is 39.1 Å². The number of benzene rings is 2. The van der Waals surface area contributed by atoms with Crippen LogP contribution in [0.25, 0.3) is 11.0 Å². The van der Waals surface area contributed by atoms with Gasteiger partial charge in [0.15, 0.2) is 12.0 Å². The minimum Gasteiger partial charge on any atom is -0.462 e. The minimum absolute atomic E-state index is 0.0470. The van der Waals surface area contributed by atoms with E-state index >= 15 is 0 Å². The maximum Gasteiger partial charge on any atom is 0.345 e. The predicted octanol–water partition coefficient (Wildman–Crippen LogP) is 6.02. The smallest absolute Gasteiger partial charge is 0.345 e. The Bertz CT molecular complexity index is 1150. The van der Waals surface area contributed by atoms with Crippen LogP contribution in [-0.4, -0.2) is 24.8 Å². The highest BCUT2D eigenvalue weighted by atomic mass is 79.9. The predicted molar refractivity (Wildman–Crippen MR) is 111 cm³/mol. The molecule has 0 amide bonds. The molecular weight excluding hydrogens is 487 g/mol. The van der Waals surface area contributed by atoms with Crippen LogP contribution < -0.4 is 4.74 Å². The van der Waals surface area contributed by atoms with Crippen LogP contribution in [0.5, 0.6) is 5.75 Å². The molecular formula is C20H13BrCl2O6. The van der Waals surface area contributed by atoms with Gasteiger partial charge in [-0.15, -0.1) is 0 Å². The second kappa shape index (κ2) is 8.57. The van der Waals surface area contributed by atoms with Gasteiger partial charge in [0.2, 0.25) is 0 Å². The Morgan fingerprint density at radius 3 is 2.55 bits per heavy atom. The van der Waals surface area contributed by atoms with E-state index in [2.05, 4.69) is 15.9 Å². The van der Waals surface area contributed by atoms with E-state index in [1.807, 2.05) is 0 Å². The molecule has 150 valence electrons. The molecule has 9 heteroatoms. The number of hydrogen-bond acceptors (Lipinski definition) is 6. The fourth-order valence-electron chi connectivity index (χ4n) is 2.76. The van der Waals surface area contributed by atoms with Gasteiger partial charge in [0.05, 0.1) is 27.1 Å². The van der Waals surface area contributed by atoms with Crippen molar-refractivity contribution in [1.82, 2.24) is 0 Å². The molecule has 29 heavy (non-hydrogen) atoms. The van der Waals surface area contributed by atoms with Crippen LogP contribution in [-0.2, 0) is 4.74 Å². The summed E-state index contributed by atoms with van der Waals surface area (Å²) in [6.45, 7) is 3.45. The van der Waals surface area contributed by atoms with E-state index in [1.54, 1.807) is 19.9 Å². The van der Waals surface area contributed by atoms with E-state index in [4.69, 9.17) is 37.1 Å². The van der Waals surface area contributed by atoms with Gasteiger partial charge in [-0.05, 0) is 59.6 Å². The number of halogens is 3. The zero-order valence-corrected chi connectivity index (χ0v) is 18.3. The van der Waals surface area contributed by atoms with Gasteiger partial charge in [-0.1, -0.05) is 23.2 Å². The van der Waals surface area contributed by atoms with Gasteiger partial charge in [-0.2, -0.15) is 0 Å². The molecule has 0 aliphatic rings. The summed E-state index contributed by atoms with van der Waals surface area (Å²) in [4.78, 5) is 36.4. The fraction of sp³-hybridized carbons (Fsp3) is 0.150. The van der Waals surface area contributed by atoms with Crippen LogP contribution in [0.3, 0.4) is 0 Å². The third kappa shape index (κ3) is 4.03. The molecule has 0 fully saturated rings. The van der Waals surface area contributed by atoms with Crippen molar-refractivity contribution in [2.75, 3.05) is 6.61 Å². The van der Waals surface area contributed by atoms with Crippen molar-refractivity contribution in [2.24, 2.45) is 0 Å².